The Bertz CT molecular complexity index is 569. The van der Waals surface area contributed by atoms with Crippen molar-refractivity contribution in [2.75, 3.05) is 6.61 Å². The van der Waals surface area contributed by atoms with Crippen molar-refractivity contribution in [1.82, 2.24) is 14.9 Å². The van der Waals surface area contributed by atoms with Crippen molar-refractivity contribution >= 4 is 12.2 Å². The lowest BCUT2D eigenvalue weighted by atomic mass is 10.2. The van der Waals surface area contributed by atoms with Gasteiger partial charge in [-0.25, -0.2) is 19.1 Å². The van der Waals surface area contributed by atoms with Gasteiger partial charge in [0.15, 0.2) is 0 Å². The summed E-state index contributed by atoms with van der Waals surface area (Å²) in [4.78, 5) is 27.8. The Hall–Kier alpha value is -2.09. The first-order valence-electron chi connectivity index (χ1n) is 7.76. The van der Waals surface area contributed by atoms with Gasteiger partial charge in [-0.05, 0) is 41.5 Å². The molecule has 0 spiro atoms. The number of hydrogen-bond acceptors (Lipinski definition) is 6. The van der Waals surface area contributed by atoms with E-state index in [4.69, 9.17) is 9.47 Å². The number of hydrogen-bond donors (Lipinski definition) is 2. The number of aromatic nitrogens is 2. The van der Waals surface area contributed by atoms with E-state index in [0.29, 0.717) is 5.69 Å². The number of imidazole rings is 1. The van der Waals surface area contributed by atoms with Crippen LogP contribution in [0.2, 0.25) is 0 Å². The molecule has 0 radical (unpaired) electrons. The lowest BCUT2D eigenvalue weighted by molar-refractivity contribution is 0.0479. The third-order valence-electron chi connectivity index (χ3n) is 2.64. The summed E-state index contributed by atoms with van der Waals surface area (Å²) < 4.78 is 11.6. The van der Waals surface area contributed by atoms with Crippen LogP contribution in [0.4, 0.5) is 9.59 Å². The average Bonchev–Trinajstić information content (AvgIpc) is 2.82. The number of rotatable bonds is 4. The Morgan fingerprint density at radius 2 is 1.79 bits per heavy atom. The number of aliphatic hydroxyl groups is 1. The van der Waals surface area contributed by atoms with Gasteiger partial charge in [0, 0.05) is 12.6 Å². The largest absolute Gasteiger partial charge is 0.444 e. The highest BCUT2D eigenvalue weighted by atomic mass is 16.6. The smallest absolute Gasteiger partial charge is 0.419 e. The zero-order valence-corrected chi connectivity index (χ0v) is 15.1. The minimum absolute atomic E-state index is 0.255. The number of alkyl carbamates (subject to hydrolysis) is 1. The summed E-state index contributed by atoms with van der Waals surface area (Å²) in [7, 11) is 0. The molecule has 0 aliphatic rings. The predicted molar refractivity (Wildman–Crippen MR) is 87.8 cm³/mol. The maximum absolute atomic E-state index is 11.9. The fourth-order valence-electron chi connectivity index (χ4n) is 1.77. The van der Waals surface area contributed by atoms with Crippen molar-refractivity contribution < 1.29 is 24.2 Å². The number of amides is 1. The minimum Gasteiger partial charge on any atom is -0.444 e. The van der Waals surface area contributed by atoms with E-state index in [0.717, 1.165) is 0 Å². The van der Waals surface area contributed by atoms with Crippen LogP contribution in [0, 0.1) is 0 Å². The molecule has 1 aromatic rings. The number of carbonyl (C=O) groups is 2. The number of ether oxygens (including phenoxy) is 2. The van der Waals surface area contributed by atoms with Gasteiger partial charge in [-0.2, -0.15) is 0 Å². The standard InChI is InChI=1S/C16H27N3O5/c1-15(2,3)23-13(21)18-12(9-20)7-11-8-19(10-17-11)14(22)24-16(4,5)6/h8,10,12,20H,7,9H2,1-6H3,(H,18,21)/t12-/m0/s1. The summed E-state index contributed by atoms with van der Waals surface area (Å²) in [5.74, 6) is 0. The molecule has 0 saturated heterocycles. The third-order valence-corrected chi connectivity index (χ3v) is 2.64. The Kier molecular flexibility index (Phi) is 6.36. The second kappa shape index (κ2) is 7.65. The Morgan fingerprint density at radius 1 is 1.21 bits per heavy atom. The van der Waals surface area contributed by atoms with E-state index < -0.39 is 29.4 Å². The second-order valence-electron chi connectivity index (χ2n) is 7.48. The van der Waals surface area contributed by atoms with Gasteiger partial charge < -0.3 is 19.9 Å². The lowest BCUT2D eigenvalue weighted by Crippen LogP contribution is -2.42. The van der Waals surface area contributed by atoms with Gasteiger partial charge in [0.05, 0.1) is 18.3 Å². The van der Waals surface area contributed by atoms with Crippen molar-refractivity contribution in [2.24, 2.45) is 0 Å². The summed E-state index contributed by atoms with van der Waals surface area (Å²) in [5, 5.41) is 12.0. The molecule has 8 heteroatoms. The third kappa shape index (κ3) is 7.45. The highest BCUT2D eigenvalue weighted by Gasteiger charge is 2.21. The molecule has 0 aromatic carbocycles. The van der Waals surface area contributed by atoms with Crippen LogP contribution >= 0.6 is 0 Å². The van der Waals surface area contributed by atoms with E-state index in [1.54, 1.807) is 41.5 Å². The van der Waals surface area contributed by atoms with Gasteiger partial charge in [0.25, 0.3) is 0 Å². The first-order chi connectivity index (χ1) is 10.9. The zero-order chi connectivity index (χ0) is 18.5. The molecule has 1 heterocycles. The molecule has 24 heavy (non-hydrogen) atoms. The van der Waals surface area contributed by atoms with Crippen molar-refractivity contribution in [2.45, 2.75) is 65.2 Å². The molecule has 136 valence electrons. The van der Waals surface area contributed by atoms with Gasteiger partial charge in [0.1, 0.15) is 17.5 Å². The van der Waals surface area contributed by atoms with Crippen LogP contribution in [0.25, 0.3) is 0 Å². The molecule has 0 bridgehead atoms. The first kappa shape index (κ1) is 20.0. The Labute approximate surface area is 142 Å². The molecule has 1 atom stereocenters. The number of nitrogens with zero attached hydrogens (tertiary/aromatic N) is 2. The van der Waals surface area contributed by atoms with E-state index in [1.807, 2.05) is 0 Å². The van der Waals surface area contributed by atoms with E-state index in [1.165, 1.54) is 17.1 Å². The first-order valence-corrected chi connectivity index (χ1v) is 7.76. The zero-order valence-electron chi connectivity index (χ0n) is 15.1. The van der Waals surface area contributed by atoms with Crippen molar-refractivity contribution in [1.29, 1.82) is 0 Å². The van der Waals surface area contributed by atoms with Gasteiger partial charge in [-0.1, -0.05) is 0 Å². The minimum atomic E-state index is -0.623. The van der Waals surface area contributed by atoms with Crippen LogP contribution in [0.5, 0.6) is 0 Å². The van der Waals surface area contributed by atoms with E-state index in [-0.39, 0.29) is 13.0 Å². The molecule has 0 aliphatic heterocycles. The van der Waals surface area contributed by atoms with E-state index >= 15 is 0 Å². The molecule has 8 nitrogen and oxygen atoms in total. The maximum Gasteiger partial charge on any atom is 0.419 e. The summed E-state index contributed by atoms with van der Waals surface area (Å²) >= 11 is 0. The molecule has 1 aromatic heterocycles. The fourth-order valence-corrected chi connectivity index (χ4v) is 1.77. The highest BCUT2D eigenvalue weighted by Crippen LogP contribution is 2.10. The summed E-state index contributed by atoms with van der Waals surface area (Å²) in [6.07, 6.45) is 1.94. The molecule has 0 aliphatic carbocycles. The molecular weight excluding hydrogens is 314 g/mol. The quantitative estimate of drug-likeness (QED) is 0.869. The van der Waals surface area contributed by atoms with Crippen molar-refractivity contribution in [3.63, 3.8) is 0 Å². The number of aliphatic hydroxyl groups excluding tert-OH is 1. The fraction of sp³-hybridized carbons (Fsp3) is 0.688. The average molecular weight is 341 g/mol. The van der Waals surface area contributed by atoms with Gasteiger partial charge in [0.2, 0.25) is 0 Å². The lowest BCUT2D eigenvalue weighted by Gasteiger charge is -2.22. The van der Waals surface area contributed by atoms with Crippen LogP contribution in [0.1, 0.15) is 47.2 Å². The molecule has 1 amide bonds. The van der Waals surface area contributed by atoms with Crippen LogP contribution in [-0.4, -0.2) is 50.7 Å². The topological polar surface area (TPSA) is 103 Å². The summed E-state index contributed by atoms with van der Waals surface area (Å²) in [5.41, 5.74) is -0.688. The maximum atomic E-state index is 11.9. The summed E-state index contributed by atoms with van der Waals surface area (Å²) in [6, 6.07) is -0.568. The van der Waals surface area contributed by atoms with E-state index in [9.17, 15) is 14.7 Å². The monoisotopic (exact) mass is 341 g/mol. The highest BCUT2D eigenvalue weighted by molar-refractivity contribution is 5.70. The molecule has 1 rings (SSSR count). The Balaban J connectivity index is 2.64. The van der Waals surface area contributed by atoms with Gasteiger partial charge in [-0.3, -0.25) is 0 Å². The number of carbonyl (C=O) groups excluding carboxylic acids is 2. The molecule has 2 N–H and O–H groups in total. The second-order valence-corrected chi connectivity index (χ2v) is 7.48. The van der Waals surface area contributed by atoms with Crippen LogP contribution in [0.3, 0.4) is 0 Å². The summed E-state index contributed by atoms with van der Waals surface area (Å²) in [6.45, 7) is 10.3. The van der Waals surface area contributed by atoms with Crippen LogP contribution in [-0.2, 0) is 15.9 Å². The molecule has 0 saturated carbocycles. The number of nitrogens with one attached hydrogen (secondary N) is 1. The van der Waals surface area contributed by atoms with Crippen LogP contribution < -0.4 is 5.32 Å². The van der Waals surface area contributed by atoms with Crippen molar-refractivity contribution in [3.8, 4) is 0 Å². The van der Waals surface area contributed by atoms with Crippen LogP contribution in [0.15, 0.2) is 12.5 Å². The normalized spacial score (nSPS) is 13.3. The SMILES string of the molecule is CC(C)(C)OC(=O)N[C@H](CO)Cc1cn(C(=O)OC(C)(C)C)cn1. The van der Waals surface area contributed by atoms with E-state index in [2.05, 4.69) is 10.3 Å². The molecule has 0 fully saturated rings. The van der Waals surface area contributed by atoms with Gasteiger partial charge >= 0.3 is 12.2 Å². The molecule has 0 unspecified atom stereocenters. The predicted octanol–water partition coefficient (Wildman–Crippen LogP) is 2.09. The Morgan fingerprint density at radius 3 is 2.29 bits per heavy atom. The van der Waals surface area contributed by atoms with Gasteiger partial charge in [-0.15, -0.1) is 0 Å². The molecular formula is C16H27N3O5. The van der Waals surface area contributed by atoms with Crippen molar-refractivity contribution in [3.05, 3.63) is 18.2 Å².